The summed E-state index contributed by atoms with van der Waals surface area (Å²) in [5.74, 6) is 3.26. The molecule has 0 spiro atoms. The van der Waals surface area contributed by atoms with Crippen molar-refractivity contribution in [2.45, 2.75) is 64.7 Å². The van der Waals surface area contributed by atoms with E-state index in [2.05, 4.69) is 19.1 Å². The minimum absolute atomic E-state index is 0.649. The highest BCUT2D eigenvalue weighted by Crippen LogP contribution is 2.60. The second-order valence-electron chi connectivity index (χ2n) is 7.74. The summed E-state index contributed by atoms with van der Waals surface area (Å²) in [4.78, 5) is 0. The van der Waals surface area contributed by atoms with E-state index in [4.69, 9.17) is 0 Å². The quantitative estimate of drug-likeness (QED) is 0.588. The van der Waals surface area contributed by atoms with Crippen LogP contribution in [0.1, 0.15) is 64.7 Å². The maximum absolute atomic E-state index is 2.52. The standard InChI is InChI=1S/C18H26/c1-13-2-4-17(5-3-13)18-7-6-14-8-15(11-18)10-16(9-14)12-18/h2,4,14-16H,3,5-12H2,1H3. The van der Waals surface area contributed by atoms with E-state index >= 15 is 0 Å². The number of rotatable bonds is 1. The number of hydrogen-bond acceptors (Lipinski definition) is 0. The van der Waals surface area contributed by atoms with Crippen LogP contribution in [0.2, 0.25) is 0 Å². The maximum Gasteiger partial charge on any atom is -0.00795 e. The van der Waals surface area contributed by atoms with Crippen molar-refractivity contribution >= 4 is 0 Å². The molecule has 0 aromatic carbocycles. The smallest absolute Gasteiger partial charge is 0.00795 e. The van der Waals surface area contributed by atoms with Gasteiger partial charge in [-0.15, -0.1) is 0 Å². The molecular formula is C18H26. The van der Waals surface area contributed by atoms with Crippen LogP contribution in [-0.4, -0.2) is 0 Å². The van der Waals surface area contributed by atoms with E-state index in [0.717, 1.165) is 17.8 Å². The minimum atomic E-state index is 0.649. The van der Waals surface area contributed by atoms with Gasteiger partial charge < -0.3 is 0 Å². The Morgan fingerprint density at radius 1 is 0.944 bits per heavy atom. The average Bonchev–Trinajstić information content (AvgIpc) is 2.55. The van der Waals surface area contributed by atoms with Crippen molar-refractivity contribution in [3.05, 3.63) is 23.3 Å². The highest BCUT2D eigenvalue weighted by Gasteiger charge is 2.48. The van der Waals surface area contributed by atoms with Crippen molar-refractivity contribution in [2.75, 3.05) is 0 Å². The Labute approximate surface area is 112 Å². The van der Waals surface area contributed by atoms with Gasteiger partial charge in [0.2, 0.25) is 0 Å². The fraction of sp³-hybridized carbons (Fsp3) is 0.778. The third-order valence-corrected chi connectivity index (χ3v) is 6.43. The molecule has 18 heavy (non-hydrogen) atoms. The van der Waals surface area contributed by atoms with Crippen LogP contribution in [0.3, 0.4) is 0 Å². The van der Waals surface area contributed by atoms with Gasteiger partial charge in [-0.2, -0.15) is 0 Å². The lowest BCUT2D eigenvalue weighted by molar-refractivity contribution is 0.0880. The molecule has 0 aliphatic heterocycles. The molecule has 4 bridgehead atoms. The number of allylic oxidation sites excluding steroid dienone is 4. The Hall–Kier alpha value is -0.520. The molecule has 0 aromatic heterocycles. The van der Waals surface area contributed by atoms with Crippen LogP contribution in [0.5, 0.6) is 0 Å². The molecule has 4 saturated carbocycles. The summed E-state index contributed by atoms with van der Waals surface area (Å²) in [6.45, 7) is 2.29. The van der Waals surface area contributed by atoms with Gasteiger partial charge in [-0.25, -0.2) is 0 Å². The first kappa shape index (κ1) is 11.3. The molecule has 98 valence electrons. The molecule has 0 nitrogen and oxygen atoms in total. The van der Waals surface area contributed by atoms with Crippen molar-refractivity contribution in [1.29, 1.82) is 0 Å². The average molecular weight is 242 g/mol. The maximum atomic E-state index is 2.52. The van der Waals surface area contributed by atoms with E-state index < -0.39 is 0 Å². The van der Waals surface area contributed by atoms with Gasteiger partial charge in [0.15, 0.2) is 0 Å². The normalized spacial score (nSPS) is 46.6. The first-order valence-corrected chi connectivity index (χ1v) is 8.10. The molecule has 0 N–H and O–H groups in total. The summed E-state index contributed by atoms with van der Waals surface area (Å²) in [5.41, 5.74) is 4.07. The van der Waals surface area contributed by atoms with Gasteiger partial charge in [0, 0.05) is 0 Å². The summed E-state index contributed by atoms with van der Waals surface area (Å²) >= 11 is 0. The van der Waals surface area contributed by atoms with Crippen LogP contribution in [0, 0.1) is 23.2 Å². The predicted molar refractivity (Wildman–Crippen MR) is 76.3 cm³/mol. The topological polar surface area (TPSA) is 0 Å². The molecule has 2 unspecified atom stereocenters. The molecular weight excluding hydrogens is 216 g/mol. The van der Waals surface area contributed by atoms with E-state index in [9.17, 15) is 0 Å². The lowest BCUT2D eigenvalue weighted by Crippen LogP contribution is -2.35. The van der Waals surface area contributed by atoms with Gasteiger partial charge in [-0.05, 0) is 87.9 Å². The molecule has 5 rings (SSSR count). The Morgan fingerprint density at radius 3 is 2.33 bits per heavy atom. The highest BCUT2D eigenvalue weighted by molar-refractivity contribution is 5.29. The number of fused-ring (bicyclic) bond motifs is 1. The monoisotopic (exact) mass is 242 g/mol. The molecule has 0 heteroatoms. The first-order valence-electron chi connectivity index (χ1n) is 8.10. The van der Waals surface area contributed by atoms with Crippen LogP contribution >= 0.6 is 0 Å². The van der Waals surface area contributed by atoms with Crippen molar-refractivity contribution in [2.24, 2.45) is 23.2 Å². The predicted octanol–water partition coefficient (Wildman–Crippen LogP) is 5.26. The number of hydrogen-bond donors (Lipinski definition) is 0. The van der Waals surface area contributed by atoms with E-state index in [1.54, 1.807) is 37.7 Å². The third-order valence-electron chi connectivity index (χ3n) is 6.43. The minimum Gasteiger partial charge on any atom is -0.0730 e. The van der Waals surface area contributed by atoms with Crippen molar-refractivity contribution in [3.8, 4) is 0 Å². The Kier molecular flexibility index (Phi) is 2.51. The van der Waals surface area contributed by atoms with Gasteiger partial charge in [-0.1, -0.05) is 23.3 Å². The van der Waals surface area contributed by atoms with Crippen LogP contribution in [0.4, 0.5) is 0 Å². The summed E-state index contributed by atoms with van der Waals surface area (Å²) in [5, 5.41) is 0. The molecule has 0 radical (unpaired) electrons. The molecule has 0 aromatic rings. The molecule has 5 aliphatic rings. The molecule has 0 amide bonds. The molecule has 5 aliphatic carbocycles. The van der Waals surface area contributed by atoms with Crippen LogP contribution < -0.4 is 0 Å². The zero-order valence-corrected chi connectivity index (χ0v) is 11.8. The molecule has 0 saturated heterocycles. The third kappa shape index (κ3) is 1.72. The van der Waals surface area contributed by atoms with Crippen LogP contribution in [0.25, 0.3) is 0 Å². The molecule has 4 fully saturated rings. The summed E-state index contributed by atoms with van der Waals surface area (Å²) in [7, 11) is 0. The fourth-order valence-corrected chi connectivity index (χ4v) is 5.75. The molecule has 2 atom stereocenters. The second-order valence-corrected chi connectivity index (χ2v) is 7.74. The SMILES string of the molecule is CC1=CC=C(C23CCC4CC(CC(C4)C2)C3)CC1. The summed E-state index contributed by atoms with van der Waals surface area (Å²) in [6.07, 6.45) is 18.5. The van der Waals surface area contributed by atoms with Gasteiger partial charge in [0.25, 0.3) is 0 Å². The lowest BCUT2D eigenvalue weighted by atomic mass is 9.58. The largest absolute Gasteiger partial charge is 0.0730 e. The lowest BCUT2D eigenvalue weighted by Gasteiger charge is -2.47. The van der Waals surface area contributed by atoms with Crippen LogP contribution in [0.15, 0.2) is 23.3 Å². The van der Waals surface area contributed by atoms with Crippen molar-refractivity contribution in [3.63, 3.8) is 0 Å². The Morgan fingerprint density at radius 2 is 1.67 bits per heavy atom. The zero-order chi connectivity index (χ0) is 12.2. The first-order chi connectivity index (χ1) is 8.73. The summed E-state index contributed by atoms with van der Waals surface area (Å²) < 4.78 is 0. The summed E-state index contributed by atoms with van der Waals surface area (Å²) in [6, 6.07) is 0. The van der Waals surface area contributed by atoms with Crippen LogP contribution in [-0.2, 0) is 0 Å². The Balaban J connectivity index is 1.70. The van der Waals surface area contributed by atoms with E-state index in [1.165, 1.54) is 25.7 Å². The zero-order valence-electron chi connectivity index (χ0n) is 11.8. The molecule has 0 heterocycles. The highest BCUT2D eigenvalue weighted by atomic mass is 14.5. The van der Waals surface area contributed by atoms with E-state index in [0.29, 0.717) is 5.41 Å². The van der Waals surface area contributed by atoms with E-state index in [-0.39, 0.29) is 0 Å². The van der Waals surface area contributed by atoms with Gasteiger partial charge >= 0.3 is 0 Å². The Bertz CT molecular complexity index is 398. The van der Waals surface area contributed by atoms with Crippen molar-refractivity contribution < 1.29 is 0 Å². The van der Waals surface area contributed by atoms with Gasteiger partial charge in [0.1, 0.15) is 0 Å². The van der Waals surface area contributed by atoms with Gasteiger partial charge in [-0.3, -0.25) is 0 Å². The van der Waals surface area contributed by atoms with Crippen molar-refractivity contribution in [1.82, 2.24) is 0 Å². The second kappa shape index (κ2) is 3.99. The van der Waals surface area contributed by atoms with Gasteiger partial charge in [0.05, 0.1) is 0 Å². The fourth-order valence-electron chi connectivity index (χ4n) is 5.75. The van der Waals surface area contributed by atoms with E-state index in [1.807, 2.05) is 5.57 Å².